The zero-order valence-corrected chi connectivity index (χ0v) is 10.5. The van der Waals surface area contributed by atoms with Crippen molar-refractivity contribution in [1.82, 2.24) is 15.5 Å². The lowest BCUT2D eigenvalue weighted by atomic mass is 9.70. The normalized spacial score (nSPS) is 24.5. The van der Waals surface area contributed by atoms with Crippen LogP contribution < -0.4 is 5.32 Å². The Bertz CT molecular complexity index is 378. The van der Waals surface area contributed by atoms with Crippen molar-refractivity contribution in [2.75, 3.05) is 13.1 Å². The third kappa shape index (κ3) is 2.23. The Morgan fingerprint density at radius 3 is 2.76 bits per heavy atom. The van der Waals surface area contributed by atoms with Crippen LogP contribution in [0.25, 0.3) is 0 Å². The van der Waals surface area contributed by atoms with Crippen LogP contribution in [0.1, 0.15) is 50.7 Å². The molecule has 17 heavy (non-hydrogen) atoms. The molecule has 4 heteroatoms. The summed E-state index contributed by atoms with van der Waals surface area (Å²) in [6.07, 6.45) is 7.14. The van der Waals surface area contributed by atoms with Gasteiger partial charge >= 0.3 is 0 Å². The third-order valence-electron chi connectivity index (χ3n) is 4.39. The van der Waals surface area contributed by atoms with Gasteiger partial charge < -0.3 is 9.84 Å². The van der Waals surface area contributed by atoms with E-state index in [1.807, 2.05) is 0 Å². The summed E-state index contributed by atoms with van der Waals surface area (Å²) in [5.41, 5.74) is 0.204. The smallest absolute Gasteiger partial charge is 0.226 e. The van der Waals surface area contributed by atoms with E-state index in [0.29, 0.717) is 0 Å². The molecule has 0 bridgehead atoms. The molecule has 0 amide bonds. The fraction of sp³-hybridized carbons (Fsp3) is 0.846. The molecule has 0 spiro atoms. The monoisotopic (exact) mass is 235 g/mol. The minimum absolute atomic E-state index is 0.204. The lowest BCUT2D eigenvalue weighted by Crippen LogP contribution is -2.31. The first-order chi connectivity index (χ1) is 8.26. The maximum absolute atomic E-state index is 5.41. The Hall–Kier alpha value is -0.900. The first-order valence-electron chi connectivity index (χ1n) is 6.80. The molecule has 0 radical (unpaired) electrons. The van der Waals surface area contributed by atoms with Crippen LogP contribution in [0.15, 0.2) is 4.52 Å². The maximum Gasteiger partial charge on any atom is 0.226 e. The van der Waals surface area contributed by atoms with Crippen LogP contribution in [0.3, 0.4) is 0 Å². The average Bonchev–Trinajstić information content (AvgIpc) is 2.76. The average molecular weight is 235 g/mol. The van der Waals surface area contributed by atoms with Gasteiger partial charge in [-0.25, -0.2) is 0 Å². The topological polar surface area (TPSA) is 51.0 Å². The van der Waals surface area contributed by atoms with Crippen LogP contribution in [-0.2, 0) is 11.8 Å². The zero-order valence-electron chi connectivity index (χ0n) is 10.5. The highest BCUT2D eigenvalue weighted by atomic mass is 16.5. The Morgan fingerprint density at radius 2 is 2.12 bits per heavy atom. The fourth-order valence-electron chi connectivity index (χ4n) is 2.85. The molecule has 4 nitrogen and oxygen atoms in total. The predicted molar refractivity (Wildman–Crippen MR) is 64.8 cm³/mol. The number of hydrogen-bond acceptors (Lipinski definition) is 4. The van der Waals surface area contributed by atoms with E-state index in [1.165, 1.54) is 32.1 Å². The highest BCUT2D eigenvalue weighted by molar-refractivity contribution is 5.09. The number of nitrogens with zero attached hydrogens (tertiary/aromatic N) is 2. The van der Waals surface area contributed by atoms with E-state index in [0.717, 1.165) is 37.1 Å². The van der Waals surface area contributed by atoms with Gasteiger partial charge in [0.25, 0.3) is 0 Å². The molecule has 94 valence electrons. The van der Waals surface area contributed by atoms with Crippen molar-refractivity contribution >= 4 is 0 Å². The summed E-state index contributed by atoms with van der Waals surface area (Å²) in [5.74, 6) is 2.51. The molecule has 1 aromatic heterocycles. The Kier molecular flexibility index (Phi) is 2.90. The second kappa shape index (κ2) is 4.41. The lowest BCUT2D eigenvalue weighted by Gasteiger charge is -2.34. The molecule has 2 fully saturated rings. The van der Waals surface area contributed by atoms with Crippen molar-refractivity contribution in [3.63, 3.8) is 0 Å². The fourth-order valence-corrected chi connectivity index (χ4v) is 2.85. The van der Waals surface area contributed by atoms with Gasteiger partial charge in [0.15, 0.2) is 5.82 Å². The largest absolute Gasteiger partial charge is 0.339 e. The number of rotatable bonds is 3. The van der Waals surface area contributed by atoms with Crippen molar-refractivity contribution in [3.8, 4) is 0 Å². The van der Waals surface area contributed by atoms with Crippen LogP contribution in [0, 0.1) is 5.92 Å². The number of aromatic nitrogens is 2. The van der Waals surface area contributed by atoms with E-state index in [-0.39, 0.29) is 5.41 Å². The van der Waals surface area contributed by atoms with Crippen LogP contribution >= 0.6 is 0 Å². The van der Waals surface area contributed by atoms with Crippen molar-refractivity contribution in [2.24, 2.45) is 5.92 Å². The molecule has 2 heterocycles. The first kappa shape index (κ1) is 11.2. The van der Waals surface area contributed by atoms with Gasteiger partial charge in [0.1, 0.15) is 0 Å². The zero-order chi connectivity index (χ0) is 11.7. The van der Waals surface area contributed by atoms with Crippen LogP contribution in [0.5, 0.6) is 0 Å². The van der Waals surface area contributed by atoms with Gasteiger partial charge in [0.2, 0.25) is 5.89 Å². The maximum atomic E-state index is 5.41. The summed E-state index contributed by atoms with van der Waals surface area (Å²) in [6, 6.07) is 0. The lowest BCUT2D eigenvalue weighted by molar-refractivity contribution is 0.244. The van der Waals surface area contributed by atoms with E-state index in [4.69, 9.17) is 4.52 Å². The molecule has 1 N–H and O–H groups in total. The van der Waals surface area contributed by atoms with E-state index in [1.54, 1.807) is 0 Å². The molecule has 1 aliphatic carbocycles. The molecule has 3 rings (SSSR count). The molecule has 1 aliphatic heterocycles. The Balaban J connectivity index is 1.63. The molecular formula is C13H21N3O. The van der Waals surface area contributed by atoms with Gasteiger partial charge in [-0.2, -0.15) is 4.98 Å². The minimum Gasteiger partial charge on any atom is -0.339 e. The minimum atomic E-state index is 0.204. The van der Waals surface area contributed by atoms with Gasteiger partial charge in [0, 0.05) is 11.8 Å². The molecule has 0 aromatic carbocycles. The SMILES string of the molecule is CC1(c2noc(CC3CCNCC3)n2)CCC1. The molecular weight excluding hydrogens is 214 g/mol. The van der Waals surface area contributed by atoms with E-state index < -0.39 is 0 Å². The second-order valence-electron chi connectivity index (χ2n) is 5.82. The Labute approximate surface area is 102 Å². The van der Waals surface area contributed by atoms with E-state index >= 15 is 0 Å². The Morgan fingerprint density at radius 1 is 1.35 bits per heavy atom. The molecule has 2 aliphatic rings. The van der Waals surface area contributed by atoms with Crippen LogP contribution in [0.2, 0.25) is 0 Å². The molecule has 0 unspecified atom stereocenters. The first-order valence-corrected chi connectivity index (χ1v) is 6.80. The third-order valence-corrected chi connectivity index (χ3v) is 4.39. The molecule has 1 aromatic rings. The summed E-state index contributed by atoms with van der Waals surface area (Å²) in [5, 5.41) is 7.56. The second-order valence-corrected chi connectivity index (χ2v) is 5.82. The van der Waals surface area contributed by atoms with Gasteiger partial charge in [-0.1, -0.05) is 18.5 Å². The number of hydrogen-bond donors (Lipinski definition) is 1. The highest BCUT2D eigenvalue weighted by Crippen LogP contribution is 2.41. The molecule has 1 saturated carbocycles. The van der Waals surface area contributed by atoms with Gasteiger partial charge in [-0.05, 0) is 44.7 Å². The highest BCUT2D eigenvalue weighted by Gasteiger charge is 2.38. The predicted octanol–water partition coefficient (Wildman–Crippen LogP) is 2.05. The van der Waals surface area contributed by atoms with Crippen molar-refractivity contribution in [3.05, 3.63) is 11.7 Å². The van der Waals surface area contributed by atoms with Crippen molar-refractivity contribution < 1.29 is 4.52 Å². The summed E-state index contributed by atoms with van der Waals surface area (Å²) in [4.78, 5) is 4.60. The summed E-state index contributed by atoms with van der Waals surface area (Å²) >= 11 is 0. The summed E-state index contributed by atoms with van der Waals surface area (Å²) in [6.45, 7) is 4.50. The van der Waals surface area contributed by atoms with Crippen LogP contribution in [0.4, 0.5) is 0 Å². The molecule has 1 saturated heterocycles. The van der Waals surface area contributed by atoms with Gasteiger partial charge in [-0.15, -0.1) is 0 Å². The summed E-state index contributed by atoms with van der Waals surface area (Å²) in [7, 11) is 0. The molecule has 0 atom stereocenters. The standard InChI is InChI=1S/C13H21N3O/c1-13(5-2-6-13)12-15-11(17-16-12)9-10-3-7-14-8-4-10/h10,14H,2-9H2,1H3. The van der Waals surface area contributed by atoms with Crippen LogP contribution in [-0.4, -0.2) is 23.2 Å². The number of nitrogens with one attached hydrogen (secondary N) is 1. The summed E-state index contributed by atoms with van der Waals surface area (Å²) < 4.78 is 5.41. The van der Waals surface area contributed by atoms with Gasteiger partial charge in [-0.3, -0.25) is 0 Å². The van der Waals surface area contributed by atoms with Gasteiger partial charge in [0.05, 0.1) is 0 Å². The van der Waals surface area contributed by atoms with E-state index in [2.05, 4.69) is 22.4 Å². The van der Waals surface area contributed by atoms with Crippen molar-refractivity contribution in [1.29, 1.82) is 0 Å². The number of piperidine rings is 1. The van der Waals surface area contributed by atoms with E-state index in [9.17, 15) is 0 Å². The van der Waals surface area contributed by atoms with Crippen molar-refractivity contribution in [2.45, 2.75) is 50.9 Å². The quantitative estimate of drug-likeness (QED) is 0.871.